The highest BCUT2D eigenvalue weighted by Gasteiger charge is 2.11. The Kier molecular flexibility index (Phi) is 3.92. The molecule has 0 radical (unpaired) electrons. The van der Waals surface area contributed by atoms with E-state index in [0.29, 0.717) is 11.6 Å². The Bertz CT molecular complexity index is 758. The molecular formula is C14H15N5OS. The van der Waals surface area contributed by atoms with Crippen molar-refractivity contribution in [1.29, 1.82) is 0 Å². The lowest BCUT2D eigenvalue weighted by Gasteiger charge is -2.07. The van der Waals surface area contributed by atoms with Crippen molar-refractivity contribution in [2.24, 2.45) is 0 Å². The predicted molar refractivity (Wildman–Crippen MR) is 83.0 cm³/mol. The summed E-state index contributed by atoms with van der Waals surface area (Å²) in [6.45, 7) is 2.77. The maximum atomic E-state index is 5.25. The second-order valence-electron chi connectivity index (χ2n) is 4.26. The average molecular weight is 301 g/mol. The second-order valence-corrected chi connectivity index (χ2v) is 5.33. The Morgan fingerprint density at radius 3 is 3.05 bits per heavy atom. The van der Waals surface area contributed by atoms with Crippen LogP contribution in [0.2, 0.25) is 0 Å². The highest BCUT2D eigenvalue weighted by atomic mass is 32.2. The first kappa shape index (κ1) is 13.7. The number of nitrogens with one attached hydrogen (secondary N) is 2. The number of ether oxygens (including phenoxy) is 1. The van der Waals surface area contributed by atoms with Gasteiger partial charge in [0.05, 0.1) is 13.4 Å². The van der Waals surface area contributed by atoms with E-state index in [2.05, 4.69) is 25.3 Å². The number of rotatable bonds is 5. The van der Waals surface area contributed by atoms with Crippen LogP contribution in [0.3, 0.4) is 0 Å². The van der Waals surface area contributed by atoms with Gasteiger partial charge in [0.25, 0.3) is 0 Å². The minimum absolute atomic E-state index is 0.586. The van der Waals surface area contributed by atoms with Crippen molar-refractivity contribution < 1.29 is 4.74 Å². The third-order valence-corrected chi connectivity index (χ3v) is 3.82. The van der Waals surface area contributed by atoms with Gasteiger partial charge in [-0.2, -0.15) is 4.98 Å². The number of H-pyrrole nitrogens is 1. The van der Waals surface area contributed by atoms with Gasteiger partial charge in [-0.3, -0.25) is 0 Å². The molecule has 7 heteroatoms. The lowest BCUT2D eigenvalue weighted by molar-refractivity contribution is 0.413. The summed E-state index contributed by atoms with van der Waals surface area (Å²) < 4.78 is 5.25. The van der Waals surface area contributed by atoms with Crippen molar-refractivity contribution in [2.45, 2.75) is 16.8 Å². The minimum Gasteiger partial charge on any atom is -0.497 e. The molecule has 0 spiro atoms. The number of hydrogen-bond donors (Lipinski definition) is 2. The molecule has 0 saturated carbocycles. The van der Waals surface area contributed by atoms with Crippen LogP contribution in [0.4, 0.5) is 5.95 Å². The summed E-state index contributed by atoms with van der Waals surface area (Å²) in [4.78, 5) is 17.3. The van der Waals surface area contributed by atoms with Gasteiger partial charge in [-0.05, 0) is 25.1 Å². The summed E-state index contributed by atoms with van der Waals surface area (Å²) in [5.74, 6) is 1.41. The molecule has 21 heavy (non-hydrogen) atoms. The number of imidazole rings is 1. The summed E-state index contributed by atoms with van der Waals surface area (Å²) in [7, 11) is 1.66. The third kappa shape index (κ3) is 2.92. The van der Waals surface area contributed by atoms with Crippen molar-refractivity contribution in [1.82, 2.24) is 19.9 Å². The van der Waals surface area contributed by atoms with E-state index in [1.807, 2.05) is 31.2 Å². The van der Waals surface area contributed by atoms with Gasteiger partial charge in [0.1, 0.15) is 16.3 Å². The first-order valence-electron chi connectivity index (χ1n) is 6.57. The number of fused-ring (bicyclic) bond motifs is 1. The fourth-order valence-electron chi connectivity index (χ4n) is 1.89. The average Bonchev–Trinajstić information content (AvgIpc) is 2.96. The second kappa shape index (κ2) is 6.01. The number of anilines is 1. The fraction of sp³-hybridized carbons (Fsp3) is 0.214. The summed E-state index contributed by atoms with van der Waals surface area (Å²) in [6.07, 6.45) is 1.63. The lowest BCUT2D eigenvalue weighted by atomic mass is 10.3. The molecule has 1 aromatic carbocycles. The Morgan fingerprint density at radius 2 is 2.24 bits per heavy atom. The SMILES string of the molecule is CCNc1nc(Sc2cccc(OC)c2)c2[nH]cnc2n1. The van der Waals surface area contributed by atoms with E-state index >= 15 is 0 Å². The standard InChI is InChI=1S/C14H15N5OS/c1-3-15-14-18-12-11(16-8-17-12)13(19-14)21-10-6-4-5-9(7-10)20-2/h4-8H,3H2,1-2H3,(H2,15,16,17,18,19). The van der Waals surface area contributed by atoms with Gasteiger partial charge in [0.15, 0.2) is 5.65 Å². The molecule has 108 valence electrons. The lowest BCUT2D eigenvalue weighted by Crippen LogP contribution is -2.03. The van der Waals surface area contributed by atoms with Crippen LogP contribution >= 0.6 is 11.8 Å². The van der Waals surface area contributed by atoms with Gasteiger partial charge in [0.2, 0.25) is 5.95 Å². The molecule has 2 N–H and O–H groups in total. The Hall–Kier alpha value is -2.28. The van der Waals surface area contributed by atoms with Gasteiger partial charge in [0, 0.05) is 11.4 Å². The fourth-order valence-corrected chi connectivity index (χ4v) is 2.82. The van der Waals surface area contributed by atoms with Gasteiger partial charge < -0.3 is 15.0 Å². The molecule has 0 bridgehead atoms. The number of nitrogens with zero attached hydrogens (tertiary/aromatic N) is 3. The zero-order valence-corrected chi connectivity index (χ0v) is 12.6. The molecule has 0 saturated heterocycles. The van der Waals surface area contributed by atoms with Crippen molar-refractivity contribution in [3.05, 3.63) is 30.6 Å². The zero-order valence-electron chi connectivity index (χ0n) is 11.8. The Labute approximate surface area is 126 Å². The normalized spacial score (nSPS) is 10.8. The topological polar surface area (TPSA) is 75.7 Å². The molecule has 0 aliphatic carbocycles. The van der Waals surface area contributed by atoms with Crippen LogP contribution in [-0.4, -0.2) is 33.6 Å². The van der Waals surface area contributed by atoms with Crippen LogP contribution < -0.4 is 10.1 Å². The number of aromatic nitrogens is 4. The van der Waals surface area contributed by atoms with Gasteiger partial charge in [-0.15, -0.1) is 0 Å². The summed E-state index contributed by atoms with van der Waals surface area (Å²) >= 11 is 1.55. The van der Waals surface area contributed by atoms with Crippen LogP contribution in [0.15, 0.2) is 40.5 Å². The van der Waals surface area contributed by atoms with E-state index < -0.39 is 0 Å². The van der Waals surface area contributed by atoms with E-state index in [9.17, 15) is 0 Å². The van der Waals surface area contributed by atoms with Gasteiger partial charge in [-0.25, -0.2) is 9.97 Å². The first-order valence-corrected chi connectivity index (χ1v) is 7.38. The molecule has 0 aliphatic rings. The molecule has 3 aromatic rings. The molecule has 2 aromatic heterocycles. The van der Waals surface area contributed by atoms with E-state index in [1.165, 1.54) is 0 Å². The Balaban J connectivity index is 1.99. The molecule has 0 unspecified atom stereocenters. The van der Waals surface area contributed by atoms with E-state index in [-0.39, 0.29) is 0 Å². The van der Waals surface area contributed by atoms with Gasteiger partial charge in [-0.1, -0.05) is 17.8 Å². The van der Waals surface area contributed by atoms with E-state index in [0.717, 1.165) is 27.7 Å². The predicted octanol–water partition coefficient (Wildman–Crippen LogP) is 2.94. The first-order chi connectivity index (χ1) is 10.3. The number of benzene rings is 1. The molecule has 3 rings (SSSR count). The largest absolute Gasteiger partial charge is 0.497 e. The summed E-state index contributed by atoms with van der Waals surface area (Å²) in [6, 6.07) is 7.87. The van der Waals surface area contributed by atoms with Crippen LogP contribution in [0.25, 0.3) is 11.2 Å². The number of hydrogen-bond acceptors (Lipinski definition) is 6. The molecule has 2 heterocycles. The molecule has 0 fully saturated rings. The van der Waals surface area contributed by atoms with Crippen molar-refractivity contribution in [3.63, 3.8) is 0 Å². The Morgan fingerprint density at radius 1 is 1.33 bits per heavy atom. The molecule has 0 atom stereocenters. The summed E-state index contributed by atoms with van der Waals surface area (Å²) in [5, 5.41) is 3.96. The van der Waals surface area contributed by atoms with Crippen LogP contribution in [0.1, 0.15) is 6.92 Å². The molecule has 6 nitrogen and oxygen atoms in total. The van der Waals surface area contributed by atoms with Crippen LogP contribution in [0, 0.1) is 0 Å². The highest BCUT2D eigenvalue weighted by Crippen LogP contribution is 2.32. The summed E-state index contributed by atoms with van der Waals surface area (Å²) in [5.41, 5.74) is 1.50. The van der Waals surface area contributed by atoms with Crippen LogP contribution in [-0.2, 0) is 0 Å². The monoisotopic (exact) mass is 301 g/mol. The quantitative estimate of drug-likeness (QED) is 0.706. The molecular weight excluding hydrogens is 286 g/mol. The molecule has 0 amide bonds. The van der Waals surface area contributed by atoms with E-state index in [1.54, 1.807) is 25.2 Å². The van der Waals surface area contributed by atoms with Crippen molar-refractivity contribution in [3.8, 4) is 5.75 Å². The maximum Gasteiger partial charge on any atom is 0.225 e. The highest BCUT2D eigenvalue weighted by molar-refractivity contribution is 7.99. The number of aromatic amines is 1. The smallest absolute Gasteiger partial charge is 0.225 e. The maximum absolute atomic E-state index is 5.25. The van der Waals surface area contributed by atoms with Crippen molar-refractivity contribution >= 4 is 28.9 Å². The number of methoxy groups -OCH3 is 1. The van der Waals surface area contributed by atoms with Crippen molar-refractivity contribution in [2.75, 3.05) is 19.0 Å². The third-order valence-electron chi connectivity index (χ3n) is 2.84. The van der Waals surface area contributed by atoms with Crippen LogP contribution in [0.5, 0.6) is 5.75 Å². The van der Waals surface area contributed by atoms with Gasteiger partial charge >= 0.3 is 0 Å². The molecule has 0 aliphatic heterocycles. The van der Waals surface area contributed by atoms with E-state index in [4.69, 9.17) is 4.74 Å². The minimum atomic E-state index is 0.586. The zero-order chi connectivity index (χ0) is 14.7.